The van der Waals surface area contributed by atoms with Crippen LogP contribution in [0.15, 0.2) is 12.3 Å². The summed E-state index contributed by atoms with van der Waals surface area (Å²) in [6.07, 6.45) is 1.47. The van der Waals surface area contributed by atoms with Crippen LogP contribution in [0.4, 0.5) is 5.69 Å². The Bertz CT molecular complexity index is 501. The average Bonchev–Trinajstić information content (AvgIpc) is 2.32. The molecule has 1 aromatic heterocycles. The smallest absolute Gasteiger partial charge is 0.258 e. The highest BCUT2D eigenvalue weighted by Gasteiger charge is 2.26. The molecule has 2 rings (SSSR count). The van der Waals surface area contributed by atoms with Gasteiger partial charge in [-0.2, -0.15) is 0 Å². The van der Waals surface area contributed by atoms with Crippen molar-refractivity contribution in [2.45, 2.75) is 6.92 Å². The van der Waals surface area contributed by atoms with E-state index in [-0.39, 0.29) is 18.4 Å². The summed E-state index contributed by atoms with van der Waals surface area (Å²) in [6, 6.07) is 1.66. The minimum Gasteiger partial charge on any atom is -0.398 e. The molecule has 0 aliphatic carbocycles. The maximum Gasteiger partial charge on any atom is 0.258 e. The molecule has 1 aromatic rings. The number of piperazine rings is 1. The van der Waals surface area contributed by atoms with Crippen molar-refractivity contribution in [3.05, 3.63) is 23.5 Å². The lowest BCUT2D eigenvalue weighted by Gasteiger charge is -2.32. The van der Waals surface area contributed by atoms with E-state index >= 15 is 0 Å². The molecule has 0 aromatic carbocycles. The van der Waals surface area contributed by atoms with Gasteiger partial charge in [0, 0.05) is 37.7 Å². The molecule has 0 atom stereocenters. The van der Waals surface area contributed by atoms with Crippen molar-refractivity contribution in [1.29, 1.82) is 0 Å². The Kier molecular flexibility index (Phi) is 3.18. The fourth-order valence-corrected chi connectivity index (χ4v) is 1.86. The summed E-state index contributed by atoms with van der Waals surface area (Å²) in [4.78, 5) is 31.0. The van der Waals surface area contributed by atoms with E-state index in [1.54, 1.807) is 18.0 Å². The normalized spacial score (nSPS) is 16.0. The molecular formula is C12H16N4O2. The molecule has 0 spiro atoms. The number of nitrogens with zero attached hydrogens (tertiary/aromatic N) is 3. The molecule has 1 fully saturated rings. The largest absolute Gasteiger partial charge is 0.398 e. The van der Waals surface area contributed by atoms with E-state index in [1.807, 2.05) is 6.92 Å². The lowest BCUT2D eigenvalue weighted by Crippen LogP contribution is -2.50. The quantitative estimate of drug-likeness (QED) is 0.752. The second-order valence-electron chi connectivity index (χ2n) is 4.45. The third-order valence-electron chi connectivity index (χ3n) is 3.05. The summed E-state index contributed by atoms with van der Waals surface area (Å²) in [5.41, 5.74) is 7.33. The van der Waals surface area contributed by atoms with Crippen LogP contribution < -0.4 is 5.73 Å². The topological polar surface area (TPSA) is 79.5 Å². The predicted octanol–water partition coefficient (Wildman–Crippen LogP) is -0.114. The number of rotatable bonds is 1. The molecule has 1 aliphatic heterocycles. The van der Waals surface area contributed by atoms with Crippen LogP contribution in [0.1, 0.15) is 16.1 Å². The van der Waals surface area contributed by atoms with Crippen LogP contribution in [0, 0.1) is 6.92 Å². The Morgan fingerprint density at radius 2 is 2.17 bits per heavy atom. The number of aryl methyl sites for hydroxylation is 1. The van der Waals surface area contributed by atoms with Gasteiger partial charge in [0.05, 0.1) is 5.56 Å². The lowest BCUT2D eigenvalue weighted by molar-refractivity contribution is -0.133. The van der Waals surface area contributed by atoms with Crippen molar-refractivity contribution in [2.24, 2.45) is 0 Å². The van der Waals surface area contributed by atoms with Gasteiger partial charge >= 0.3 is 0 Å². The Labute approximate surface area is 105 Å². The first-order chi connectivity index (χ1) is 8.49. The van der Waals surface area contributed by atoms with Gasteiger partial charge in [-0.3, -0.25) is 14.6 Å². The van der Waals surface area contributed by atoms with Gasteiger partial charge in [-0.1, -0.05) is 0 Å². The summed E-state index contributed by atoms with van der Waals surface area (Å²) >= 11 is 0. The molecule has 0 radical (unpaired) electrons. The van der Waals surface area contributed by atoms with E-state index in [0.29, 0.717) is 24.3 Å². The lowest BCUT2D eigenvalue weighted by atomic mass is 10.1. The van der Waals surface area contributed by atoms with Gasteiger partial charge in [0.1, 0.15) is 6.54 Å². The number of pyridine rings is 1. The molecule has 0 saturated carbocycles. The van der Waals surface area contributed by atoms with E-state index < -0.39 is 0 Å². The molecular weight excluding hydrogens is 232 g/mol. The zero-order valence-electron chi connectivity index (χ0n) is 10.5. The summed E-state index contributed by atoms with van der Waals surface area (Å²) in [7, 11) is 1.73. The highest BCUT2D eigenvalue weighted by atomic mass is 16.2. The Morgan fingerprint density at radius 1 is 1.44 bits per heavy atom. The van der Waals surface area contributed by atoms with E-state index in [4.69, 9.17) is 5.73 Å². The van der Waals surface area contributed by atoms with Crippen LogP contribution in [0.25, 0.3) is 0 Å². The predicted molar refractivity (Wildman–Crippen MR) is 66.9 cm³/mol. The summed E-state index contributed by atoms with van der Waals surface area (Å²) in [5, 5.41) is 0. The fraction of sp³-hybridized carbons (Fsp3) is 0.417. The van der Waals surface area contributed by atoms with E-state index in [0.717, 1.165) is 5.69 Å². The van der Waals surface area contributed by atoms with Crippen LogP contribution >= 0.6 is 0 Å². The molecule has 18 heavy (non-hydrogen) atoms. The fourth-order valence-electron chi connectivity index (χ4n) is 1.86. The summed E-state index contributed by atoms with van der Waals surface area (Å²) < 4.78 is 0. The van der Waals surface area contributed by atoms with E-state index in [1.165, 1.54) is 11.1 Å². The zero-order valence-corrected chi connectivity index (χ0v) is 10.5. The van der Waals surface area contributed by atoms with Crippen molar-refractivity contribution in [2.75, 3.05) is 32.4 Å². The van der Waals surface area contributed by atoms with Gasteiger partial charge in [0.25, 0.3) is 5.91 Å². The highest BCUT2D eigenvalue weighted by Crippen LogP contribution is 2.15. The molecule has 0 unspecified atom stereocenters. The maximum atomic E-state index is 12.2. The number of nitrogen functional groups attached to an aromatic ring is 1. The SMILES string of the molecule is Cc1cc(N)c(C(=O)N2CCN(C)C(=O)C2)cn1. The minimum absolute atomic E-state index is 0.0618. The van der Waals surface area contributed by atoms with Crippen LogP contribution in [0.2, 0.25) is 0 Å². The maximum absolute atomic E-state index is 12.2. The molecule has 6 heteroatoms. The van der Waals surface area contributed by atoms with E-state index in [9.17, 15) is 9.59 Å². The van der Waals surface area contributed by atoms with Crippen molar-refractivity contribution in [1.82, 2.24) is 14.8 Å². The number of hydrogen-bond donors (Lipinski definition) is 1. The second kappa shape index (κ2) is 4.64. The first kappa shape index (κ1) is 12.3. The monoisotopic (exact) mass is 248 g/mol. The third kappa shape index (κ3) is 2.27. The van der Waals surface area contributed by atoms with Crippen molar-refractivity contribution < 1.29 is 9.59 Å². The number of likely N-dealkylation sites (N-methyl/N-ethyl adjacent to an activating group) is 1. The molecule has 1 aliphatic rings. The molecule has 6 nitrogen and oxygen atoms in total. The van der Waals surface area contributed by atoms with E-state index in [2.05, 4.69) is 4.98 Å². The summed E-state index contributed by atoms with van der Waals surface area (Å²) in [6.45, 7) is 2.98. The standard InChI is InChI=1S/C12H16N4O2/c1-8-5-10(13)9(6-14-8)12(18)16-4-3-15(2)11(17)7-16/h5-6H,3-4,7H2,1-2H3,(H2,13,14). The number of nitrogens with two attached hydrogens (primary N) is 1. The highest BCUT2D eigenvalue weighted by molar-refractivity contribution is 6.00. The number of aromatic nitrogens is 1. The average molecular weight is 248 g/mol. The number of amides is 2. The van der Waals surface area contributed by atoms with Gasteiger partial charge < -0.3 is 15.5 Å². The first-order valence-corrected chi connectivity index (χ1v) is 5.74. The minimum atomic E-state index is -0.235. The number of hydrogen-bond acceptors (Lipinski definition) is 4. The second-order valence-corrected chi connectivity index (χ2v) is 4.45. The van der Waals surface area contributed by atoms with Crippen LogP contribution in [0.3, 0.4) is 0 Å². The third-order valence-corrected chi connectivity index (χ3v) is 3.05. The van der Waals surface area contributed by atoms with Gasteiger partial charge in [0.15, 0.2) is 0 Å². The molecule has 96 valence electrons. The molecule has 2 N–H and O–H groups in total. The number of carbonyl (C=O) groups excluding carboxylic acids is 2. The molecule has 2 heterocycles. The summed E-state index contributed by atoms with van der Waals surface area (Å²) in [5.74, 6) is -0.297. The van der Waals surface area contributed by atoms with Crippen LogP contribution in [0.5, 0.6) is 0 Å². The van der Waals surface area contributed by atoms with Crippen molar-refractivity contribution in [3.8, 4) is 0 Å². The Hall–Kier alpha value is -2.11. The number of carbonyl (C=O) groups is 2. The Balaban J connectivity index is 2.19. The number of anilines is 1. The van der Waals surface area contributed by atoms with Gasteiger partial charge in [0.2, 0.25) is 5.91 Å². The zero-order chi connectivity index (χ0) is 13.3. The van der Waals surface area contributed by atoms with Crippen LogP contribution in [-0.2, 0) is 4.79 Å². The molecule has 1 saturated heterocycles. The first-order valence-electron chi connectivity index (χ1n) is 5.74. The van der Waals surface area contributed by atoms with Crippen molar-refractivity contribution in [3.63, 3.8) is 0 Å². The molecule has 0 bridgehead atoms. The van der Waals surface area contributed by atoms with Gasteiger partial charge in [-0.25, -0.2) is 0 Å². The Morgan fingerprint density at radius 3 is 2.78 bits per heavy atom. The van der Waals surface area contributed by atoms with Gasteiger partial charge in [-0.15, -0.1) is 0 Å². The van der Waals surface area contributed by atoms with Crippen LogP contribution in [-0.4, -0.2) is 53.3 Å². The van der Waals surface area contributed by atoms with Crippen molar-refractivity contribution >= 4 is 17.5 Å². The molecule has 2 amide bonds. The van der Waals surface area contributed by atoms with Gasteiger partial charge in [-0.05, 0) is 13.0 Å².